The minimum Gasteiger partial charge on any atom is -0.423 e. The second kappa shape index (κ2) is 7.06. The van der Waals surface area contributed by atoms with E-state index in [0.717, 1.165) is 4.90 Å². The minimum atomic E-state index is -1.03. The van der Waals surface area contributed by atoms with Crippen LogP contribution in [0.4, 0.5) is 0 Å². The summed E-state index contributed by atoms with van der Waals surface area (Å²) in [6.07, 6.45) is -3.47. The molecular weight excluding hydrogens is 398 g/mol. The van der Waals surface area contributed by atoms with Gasteiger partial charge in [-0.1, -0.05) is 0 Å². The van der Waals surface area contributed by atoms with E-state index >= 15 is 0 Å². The van der Waals surface area contributed by atoms with Gasteiger partial charge in [-0.05, 0) is 27.7 Å². The summed E-state index contributed by atoms with van der Waals surface area (Å²) in [5.41, 5.74) is 0. The predicted molar refractivity (Wildman–Crippen MR) is 97.5 cm³/mol. The van der Waals surface area contributed by atoms with Crippen LogP contribution in [-0.2, 0) is 33.3 Å². The molecule has 3 aliphatic heterocycles. The molecule has 11 nitrogen and oxygen atoms in total. The second-order valence-electron chi connectivity index (χ2n) is 8.65. The molecule has 1 aromatic rings. The normalized spacial score (nSPS) is 34.8. The van der Waals surface area contributed by atoms with E-state index in [1.807, 2.05) is 0 Å². The molecule has 3 fully saturated rings. The Kier molecular flexibility index (Phi) is 5.02. The van der Waals surface area contributed by atoms with Gasteiger partial charge < -0.3 is 28.1 Å². The smallest absolute Gasteiger partial charge is 0.242 e. The number of nitrogens with zero attached hydrogens (tertiary/aromatic N) is 3. The van der Waals surface area contributed by atoms with Crippen LogP contribution < -0.4 is 0 Å². The van der Waals surface area contributed by atoms with Crippen molar-refractivity contribution in [1.82, 2.24) is 15.1 Å². The fourth-order valence-electron chi connectivity index (χ4n) is 4.34. The lowest BCUT2D eigenvalue weighted by Gasteiger charge is -2.42. The van der Waals surface area contributed by atoms with Gasteiger partial charge in [-0.25, -0.2) is 0 Å². The Balaban J connectivity index is 1.79. The molecule has 0 spiro atoms. The number of imide groups is 1. The first-order valence-electron chi connectivity index (χ1n) is 9.86. The lowest BCUT2D eigenvalue weighted by Crippen LogP contribution is -2.59. The van der Waals surface area contributed by atoms with Crippen LogP contribution in [0.1, 0.15) is 59.4 Å². The summed E-state index contributed by atoms with van der Waals surface area (Å²) in [7, 11) is 0. The van der Waals surface area contributed by atoms with Gasteiger partial charge in [-0.3, -0.25) is 14.5 Å². The number of fused-ring (bicyclic) bond motifs is 3. The fraction of sp³-hybridized carbons (Fsp3) is 0.789. The molecule has 2 amide bonds. The van der Waals surface area contributed by atoms with Gasteiger partial charge in [0.05, 0.1) is 0 Å². The Labute approximate surface area is 173 Å². The monoisotopic (exact) mass is 425 g/mol. The van der Waals surface area contributed by atoms with Crippen molar-refractivity contribution in [1.29, 1.82) is 0 Å². The van der Waals surface area contributed by atoms with Crippen molar-refractivity contribution in [3.05, 3.63) is 11.8 Å². The highest BCUT2D eigenvalue weighted by Gasteiger charge is 2.63. The SMILES string of the molecule is CC(=O)N(C(C)=O)[C@@H](c1nnc(C)o1)[C@H]1O[C@@H]2OC(C)(C)O[C@@H]2[C@H]2OC(C)(C)O[C@H]21. The van der Waals surface area contributed by atoms with Crippen molar-refractivity contribution in [2.75, 3.05) is 0 Å². The van der Waals surface area contributed by atoms with Gasteiger partial charge in [0.1, 0.15) is 30.5 Å². The van der Waals surface area contributed by atoms with Crippen molar-refractivity contribution < 1.29 is 37.7 Å². The first kappa shape index (κ1) is 21.3. The van der Waals surface area contributed by atoms with Crippen LogP contribution in [0.5, 0.6) is 0 Å². The molecule has 4 rings (SSSR count). The second-order valence-corrected chi connectivity index (χ2v) is 8.65. The van der Waals surface area contributed by atoms with Crippen molar-refractivity contribution in [2.24, 2.45) is 0 Å². The van der Waals surface area contributed by atoms with Crippen molar-refractivity contribution in [2.45, 2.75) is 96.8 Å². The number of amides is 2. The predicted octanol–water partition coefficient (Wildman–Crippen LogP) is 1.21. The highest BCUT2D eigenvalue weighted by molar-refractivity contribution is 5.93. The molecule has 30 heavy (non-hydrogen) atoms. The van der Waals surface area contributed by atoms with E-state index in [4.69, 9.17) is 28.1 Å². The number of aryl methyl sites for hydroxylation is 1. The third-order valence-electron chi connectivity index (χ3n) is 5.25. The van der Waals surface area contributed by atoms with Gasteiger partial charge in [0.15, 0.2) is 17.9 Å². The van der Waals surface area contributed by atoms with Gasteiger partial charge in [0.2, 0.25) is 23.6 Å². The average molecular weight is 425 g/mol. The van der Waals surface area contributed by atoms with Crippen LogP contribution >= 0.6 is 0 Å². The van der Waals surface area contributed by atoms with Gasteiger partial charge in [-0.2, -0.15) is 0 Å². The molecule has 0 N–H and O–H groups in total. The lowest BCUT2D eigenvalue weighted by molar-refractivity contribution is -0.248. The van der Waals surface area contributed by atoms with Gasteiger partial charge in [0, 0.05) is 20.8 Å². The van der Waals surface area contributed by atoms with E-state index in [1.54, 1.807) is 34.6 Å². The Bertz CT molecular complexity index is 839. The van der Waals surface area contributed by atoms with E-state index in [-0.39, 0.29) is 11.8 Å². The van der Waals surface area contributed by atoms with Crippen LogP contribution in [0.3, 0.4) is 0 Å². The molecule has 6 atom stereocenters. The molecule has 0 radical (unpaired) electrons. The summed E-state index contributed by atoms with van der Waals surface area (Å²) < 4.78 is 36.0. The molecule has 11 heteroatoms. The molecule has 0 unspecified atom stereocenters. The van der Waals surface area contributed by atoms with Crippen molar-refractivity contribution in [3.63, 3.8) is 0 Å². The van der Waals surface area contributed by atoms with Crippen molar-refractivity contribution >= 4 is 11.8 Å². The van der Waals surface area contributed by atoms with E-state index in [2.05, 4.69) is 10.2 Å². The largest absolute Gasteiger partial charge is 0.423 e. The van der Waals surface area contributed by atoms with Crippen LogP contribution in [-0.4, -0.2) is 69.2 Å². The van der Waals surface area contributed by atoms with Gasteiger partial charge in [0.25, 0.3) is 0 Å². The van der Waals surface area contributed by atoms with Crippen LogP contribution in [0, 0.1) is 6.92 Å². The number of hydrogen-bond acceptors (Lipinski definition) is 10. The van der Waals surface area contributed by atoms with Crippen LogP contribution in [0.25, 0.3) is 0 Å². The molecule has 0 saturated carbocycles. The summed E-state index contributed by atoms with van der Waals surface area (Å²) in [6.45, 7) is 11.3. The summed E-state index contributed by atoms with van der Waals surface area (Å²) >= 11 is 0. The van der Waals surface area contributed by atoms with Crippen LogP contribution in [0.15, 0.2) is 4.42 Å². The molecule has 0 aromatic carbocycles. The van der Waals surface area contributed by atoms with E-state index in [9.17, 15) is 9.59 Å². The zero-order chi connectivity index (χ0) is 22.0. The maximum Gasteiger partial charge on any atom is 0.242 e. The third-order valence-corrected chi connectivity index (χ3v) is 5.25. The van der Waals surface area contributed by atoms with E-state index in [1.165, 1.54) is 13.8 Å². The van der Waals surface area contributed by atoms with Crippen molar-refractivity contribution in [3.8, 4) is 0 Å². The first-order valence-corrected chi connectivity index (χ1v) is 9.86. The summed E-state index contributed by atoms with van der Waals surface area (Å²) in [5.74, 6) is -2.47. The lowest BCUT2D eigenvalue weighted by atomic mass is 9.93. The quantitative estimate of drug-likeness (QED) is 0.698. The summed E-state index contributed by atoms with van der Waals surface area (Å²) in [5, 5.41) is 7.92. The first-order chi connectivity index (χ1) is 13.9. The minimum absolute atomic E-state index is 0.0616. The highest BCUT2D eigenvalue weighted by atomic mass is 16.9. The Morgan fingerprint density at radius 1 is 0.900 bits per heavy atom. The molecule has 0 bridgehead atoms. The maximum atomic E-state index is 12.4. The zero-order valence-electron chi connectivity index (χ0n) is 18.1. The number of ether oxygens (including phenoxy) is 5. The summed E-state index contributed by atoms with van der Waals surface area (Å²) in [4.78, 5) is 25.9. The molecule has 1 aromatic heterocycles. The highest BCUT2D eigenvalue weighted by Crippen LogP contribution is 2.47. The Morgan fingerprint density at radius 3 is 2.03 bits per heavy atom. The van der Waals surface area contributed by atoms with E-state index < -0.39 is 60.1 Å². The average Bonchev–Trinajstić information content (AvgIpc) is 3.24. The number of carbonyl (C=O) groups excluding carboxylic acids is 2. The zero-order valence-corrected chi connectivity index (χ0v) is 18.1. The molecule has 3 saturated heterocycles. The molecule has 3 aliphatic rings. The fourth-order valence-corrected chi connectivity index (χ4v) is 4.34. The molecular formula is C19H27N3O8. The topological polar surface area (TPSA) is 122 Å². The third kappa shape index (κ3) is 3.65. The number of carbonyl (C=O) groups is 2. The van der Waals surface area contributed by atoms with E-state index in [0.29, 0.717) is 0 Å². The summed E-state index contributed by atoms with van der Waals surface area (Å²) in [6, 6.07) is -1.03. The standard InChI is InChI=1S/C19H27N3O8/c1-8-20-21-16(25-8)11(22(9(2)23)10(3)24)12-13-14(28-18(4,5)27-13)15-17(26-12)30-19(6,7)29-15/h11-15,17H,1-7H3/t11-,12-,13+,14+,15-,17-/m1/s1. The molecule has 4 heterocycles. The van der Waals surface area contributed by atoms with Gasteiger partial charge in [-0.15, -0.1) is 10.2 Å². The number of aromatic nitrogens is 2. The maximum absolute atomic E-state index is 12.4. The molecule has 166 valence electrons. The van der Waals surface area contributed by atoms with Gasteiger partial charge >= 0.3 is 0 Å². The molecule has 0 aliphatic carbocycles. The Hall–Kier alpha value is -1.92. The Morgan fingerprint density at radius 2 is 1.47 bits per heavy atom. The number of hydrogen-bond donors (Lipinski definition) is 0. The number of rotatable bonds is 3. The van der Waals surface area contributed by atoms with Crippen LogP contribution in [0.2, 0.25) is 0 Å².